The lowest BCUT2D eigenvalue weighted by molar-refractivity contribution is -0.112. The Labute approximate surface area is 145 Å². The van der Waals surface area contributed by atoms with Crippen molar-refractivity contribution in [1.29, 1.82) is 5.26 Å². The number of hydrogen-bond acceptors (Lipinski definition) is 5. The van der Waals surface area contributed by atoms with E-state index >= 15 is 0 Å². The number of ketones is 1. The maximum Gasteiger partial charge on any atom is 0.266 e. The van der Waals surface area contributed by atoms with Crippen LogP contribution in [0.3, 0.4) is 0 Å². The number of methoxy groups -OCH3 is 1. The van der Waals surface area contributed by atoms with Gasteiger partial charge in [-0.05, 0) is 42.8 Å². The lowest BCUT2D eigenvalue weighted by atomic mass is 10.1. The Hall–Kier alpha value is -3.59. The minimum Gasteiger partial charge on any atom is -0.504 e. The summed E-state index contributed by atoms with van der Waals surface area (Å²) in [6, 6.07) is 12.9. The van der Waals surface area contributed by atoms with Crippen LogP contribution < -0.4 is 10.1 Å². The lowest BCUT2D eigenvalue weighted by Crippen LogP contribution is -2.15. The van der Waals surface area contributed by atoms with E-state index < -0.39 is 5.91 Å². The third-order valence-corrected chi connectivity index (χ3v) is 3.43. The molecule has 0 saturated carbocycles. The summed E-state index contributed by atoms with van der Waals surface area (Å²) in [7, 11) is 1.42. The molecule has 2 rings (SSSR count). The highest BCUT2D eigenvalue weighted by atomic mass is 16.5. The predicted molar refractivity (Wildman–Crippen MR) is 93.3 cm³/mol. The summed E-state index contributed by atoms with van der Waals surface area (Å²) in [5.41, 5.74) is 0.988. The molecule has 2 aromatic rings. The number of carbonyl (C=O) groups excluding carboxylic acids is 2. The maximum atomic E-state index is 12.3. The average Bonchev–Trinajstić information content (AvgIpc) is 2.60. The average molecular weight is 336 g/mol. The largest absolute Gasteiger partial charge is 0.504 e. The van der Waals surface area contributed by atoms with E-state index in [1.165, 1.54) is 32.2 Å². The van der Waals surface area contributed by atoms with Crippen molar-refractivity contribution in [3.63, 3.8) is 0 Å². The van der Waals surface area contributed by atoms with Crippen LogP contribution in [0.5, 0.6) is 11.5 Å². The van der Waals surface area contributed by atoms with Gasteiger partial charge in [0.25, 0.3) is 5.91 Å². The van der Waals surface area contributed by atoms with Crippen molar-refractivity contribution >= 4 is 23.5 Å². The lowest BCUT2D eigenvalue weighted by Gasteiger charge is -2.08. The number of aromatic hydroxyl groups is 1. The second-order valence-electron chi connectivity index (χ2n) is 5.16. The number of nitrogens with one attached hydrogen (secondary N) is 1. The van der Waals surface area contributed by atoms with Gasteiger partial charge in [-0.1, -0.05) is 18.2 Å². The van der Waals surface area contributed by atoms with Gasteiger partial charge in [0.1, 0.15) is 11.6 Å². The van der Waals surface area contributed by atoms with Crippen molar-refractivity contribution in [2.24, 2.45) is 0 Å². The van der Waals surface area contributed by atoms with Crippen LogP contribution >= 0.6 is 0 Å². The number of phenols is 1. The molecule has 0 aliphatic heterocycles. The number of carbonyl (C=O) groups is 2. The Morgan fingerprint density at radius 2 is 1.96 bits per heavy atom. The van der Waals surface area contributed by atoms with Gasteiger partial charge in [0.15, 0.2) is 17.3 Å². The molecule has 25 heavy (non-hydrogen) atoms. The number of amides is 1. The van der Waals surface area contributed by atoms with E-state index in [-0.39, 0.29) is 22.9 Å². The minimum absolute atomic E-state index is 0.101. The highest BCUT2D eigenvalue weighted by molar-refractivity contribution is 6.12. The Morgan fingerprint density at radius 3 is 2.56 bits per heavy atom. The van der Waals surface area contributed by atoms with Gasteiger partial charge in [-0.2, -0.15) is 5.26 Å². The third-order valence-electron chi connectivity index (χ3n) is 3.43. The molecule has 0 aliphatic rings. The summed E-state index contributed by atoms with van der Waals surface area (Å²) in [5, 5.41) is 21.6. The number of rotatable bonds is 5. The first-order valence-corrected chi connectivity index (χ1v) is 7.36. The van der Waals surface area contributed by atoms with Crippen molar-refractivity contribution in [3.05, 3.63) is 59.2 Å². The van der Waals surface area contributed by atoms with Gasteiger partial charge in [0.2, 0.25) is 0 Å². The minimum atomic E-state index is -0.647. The first kappa shape index (κ1) is 17.8. The molecular weight excluding hydrogens is 320 g/mol. The van der Waals surface area contributed by atoms with Crippen molar-refractivity contribution in [2.75, 3.05) is 12.4 Å². The van der Waals surface area contributed by atoms with Gasteiger partial charge in [0, 0.05) is 5.56 Å². The van der Waals surface area contributed by atoms with Gasteiger partial charge in [-0.25, -0.2) is 0 Å². The molecular formula is C19H16N2O4. The number of nitrogens with zero attached hydrogens (tertiary/aromatic N) is 1. The van der Waals surface area contributed by atoms with Gasteiger partial charge in [-0.3, -0.25) is 9.59 Å². The Balaban J connectivity index is 2.29. The fourth-order valence-corrected chi connectivity index (χ4v) is 2.20. The van der Waals surface area contributed by atoms with Gasteiger partial charge in [0.05, 0.1) is 12.8 Å². The Kier molecular flexibility index (Phi) is 5.54. The molecule has 0 saturated heterocycles. The third kappa shape index (κ3) is 4.24. The fourth-order valence-electron chi connectivity index (χ4n) is 2.20. The molecule has 0 spiro atoms. The molecule has 0 fully saturated rings. The zero-order valence-electron chi connectivity index (χ0n) is 13.7. The second kappa shape index (κ2) is 7.79. The predicted octanol–water partition coefficient (Wildman–Crippen LogP) is 3.15. The van der Waals surface area contributed by atoms with Crippen LogP contribution in [0.25, 0.3) is 6.08 Å². The Morgan fingerprint density at radius 1 is 1.24 bits per heavy atom. The molecule has 2 N–H and O–H groups in total. The van der Waals surface area contributed by atoms with Crippen LogP contribution in [0.15, 0.2) is 48.0 Å². The molecule has 0 radical (unpaired) electrons. The van der Waals surface area contributed by atoms with E-state index in [0.29, 0.717) is 16.8 Å². The summed E-state index contributed by atoms with van der Waals surface area (Å²) >= 11 is 0. The smallest absolute Gasteiger partial charge is 0.266 e. The number of para-hydroxylation sites is 1. The van der Waals surface area contributed by atoms with E-state index in [0.717, 1.165) is 0 Å². The summed E-state index contributed by atoms with van der Waals surface area (Å²) in [6.45, 7) is 1.40. The van der Waals surface area contributed by atoms with Gasteiger partial charge in [-0.15, -0.1) is 0 Å². The van der Waals surface area contributed by atoms with Crippen molar-refractivity contribution in [2.45, 2.75) is 6.92 Å². The molecule has 0 bridgehead atoms. The number of benzene rings is 2. The fraction of sp³-hybridized carbons (Fsp3) is 0.105. The van der Waals surface area contributed by atoms with Gasteiger partial charge < -0.3 is 15.2 Å². The number of phenolic OH excluding ortho intramolecular Hbond substituents is 1. The van der Waals surface area contributed by atoms with Crippen molar-refractivity contribution in [1.82, 2.24) is 0 Å². The first-order valence-electron chi connectivity index (χ1n) is 7.36. The number of anilines is 1. The van der Waals surface area contributed by atoms with Crippen molar-refractivity contribution < 1.29 is 19.4 Å². The van der Waals surface area contributed by atoms with Crippen LogP contribution in [0.4, 0.5) is 5.69 Å². The summed E-state index contributed by atoms with van der Waals surface area (Å²) < 4.78 is 4.95. The monoisotopic (exact) mass is 336 g/mol. The number of Topliss-reactive ketones (excluding diaryl/α,β-unsaturated/α-hetero) is 1. The standard InChI is InChI=1S/C19H16N2O4/c1-12(22)15-5-3-4-6-16(15)21-19(24)14(11-20)9-13-7-8-18(25-2)17(23)10-13/h3-10,23H,1-2H3,(H,21,24)/b14-9-. The number of ether oxygens (including phenoxy) is 1. The molecule has 126 valence electrons. The van der Waals surface area contributed by atoms with Crippen LogP contribution in [0.2, 0.25) is 0 Å². The molecule has 0 aromatic heterocycles. The molecule has 0 aliphatic carbocycles. The normalized spacial score (nSPS) is 10.7. The van der Waals surface area contributed by atoms with Crippen LogP contribution in [0.1, 0.15) is 22.8 Å². The first-order chi connectivity index (χ1) is 12.0. The van der Waals surface area contributed by atoms with E-state index in [1.54, 1.807) is 30.3 Å². The number of hydrogen-bond donors (Lipinski definition) is 2. The quantitative estimate of drug-likeness (QED) is 0.496. The summed E-state index contributed by atoms with van der Waals surface area (Å²) in [6.07, 6.45) is 1.34. The molecule has 0 unspecified atom stereocenters. The summed E-state index contributed by atoms with van der Waals surface area (Å²) in [5.74, 6) is -0.656. The van der Waals surface area contributed by atoms with E-state index in [1.807, 2.05) is 6.07 Å². The van der Waals surface area contributed by atoms with Crippen LogP contribution in [-0.2, 0) is 4.79 Å². The Bertz CT molecular complexity index is 895. The van der Waals surface area contributed by atoms with E-state index in [9.17, 15) is 20.0 Å². The van der Waals surface area contributed by atoms with Crippen LogP contribution in [-0.4, -0.2) is 23.9 Å². The molecule has 1 amide bonds. The second-order valence-corrected chi connectivity index (χ2v) is 5.16. The highest BCUT2D eigenvalue weighted by Crippen LogP contribution is 2.27. The molecule has 0 heterocycles. The van der Waals surface area contributed by atoms with Gasteiger partial charge >= 0.3 is 0 Å². The molecule has 2 aromatic carbocycles. The SMILES string of the molecule is COc1ccc(/C=C(/C#N)C(=O)Nc2ccccc2C(C)=O)cc1O. The van der Waals surface area contributed by atoms with Crippen molar-refractivity contribution in [3.8, 4) is 17.6 Å². The zero-order chi connectivity index (χ0) is 18.4. The van der Waals surface area contributed by atoms with Crippen LogP contribution in [0, 0.1) is 11.3 Å². The molecule has 0 atom stereocenters. The zero-order valence-corrected chi connectivity index (χ0v) is 13.7. The molecule has 6 nitrogen and oxygen atoms in total. The molecule has 6 heteroatoms. The number of nitriles is 1. The van der Waals surface area contributed by atoms with E-state index in [2.05, 4.69) is 5.32 Å². The highest BCUT2D eigenvalue weighted by Gasteiger charge is 2.14. The maximum absolute atomic E-state index is 12.3. The summed E-state index contributed by atoms with van der Waals surface area (Å²) in [4.78, 5) is 23.9. The topological polar surface area (TPSA) is 99.4 Å². The van der Waals surface area contributed by atoms with E-state index in [4.69, 9.17) is 4.74 Å².